The van der Waals surface area contributed by atoms with Crippen molar-refractivity contribution in [1.29, 1.82) is 0 Å². The standard InChI is InChI=1S/C17H17NO7/c1-23-11-6-4-10(5-7-11)9-18-13(20)8-12(19)14(16(21)24-2)15(18)17(22)25-3/h4-8,19H,9H2,1-3H3. The molecule has 0 aliphatic carbocycles. The number of esters is 2. The van der Waals surface area contributed by atoms with Gasteiger partial charge in [-0.3, -0.25) is 9.36 Å². The van der Waals surface area contributed by atoms with Crippen molar-refractivity contribution in [1.82, 2.24) is 4.57 Å². The molecule has 2 aromatic rings. The van der Waals surface area contributed by atoms with Gasteiger partial charge >= 0.3 is 11.9 Å². The molecule has 0 radical (unpaired) electrons. The zero-order valence-corrected chi connectivity index (χ0v) is 13.9. The van der Waals surface area contributed by atoms with Crippen LogP contribution in [0.25, 0.3) is 0 Å². The number of benzene rings is 1. The van der Waals surface area contributed by atoms with Crippen LogP contribution in [0, 0.1) is 0 Å². The van der Waals surface area contributed by atoms with Gasteiger partial charge < -0.3 is 19.3 Å². The lowest BCUT2D eigenvalue weighted by Crippen LogP contribution is -2.30. The van der Waals surface area contributed by atoms with Crippen molar-refractivity contribution in [2.75, 3.05) is 21.3 Å². The summed E-state index contributed by atoms with van der Waals surface area (Å²) >= 11 is 0. The first-order valence-electron chi connectivity index (χ1n) is 7.19. The van der Waals surface area contributed by atoms with Gasteiger partial charge in [0.2, 0.25) is 0 Å². The number of carbonyl (C=O) groups excluding carboxylic acids is 2. The van der Waals surface area contributed by atoms with Crippen LogP contribution in [0.5, 0.6) is 11.5 Å². The molecule has 132 valence electrons. The van der Waals surface area contributed by atoms with E-state index in [-0.39, 0.29) is 12.2 Å². The van der Waals surface area contributed by atoms with Crippen molar-refractivity contribution in [2.45, 2.75) is 6.54 Å². The molecule has 2 rings (SSSR count). The molecule has 0 unspecified atom stereocenters. The van der Waals surface area contributed by atoms with Gasteiger partial charge in [-0.1, -0.05) is 12.1 Å². The van der Waals surface area contributed by atoms with E-state index >= 15 is 0 Å². The monoisotopic (exact) mass is 347 g/mol. The first kappa shape index (κ1) is 18.1. The van der Waals surface area contributed by atoms with Crippen LogP contribution in [0.2, 0.25) is 0 Å². The largest absolute Gasteiger partial charge is 0.507 e. The van der Waals surface area contributed by atoms with E-state index in [9.17, 15) is 19.5 Å². The Morgan fingerprint density at radius 2 is 1.64 bits per heavy atom. The summed E-state index contributed by atoms with van der Waals surface area (Å²) in [5.41, 5.74) is -0.798. The van der Waals surface area contributed by atoms with E-state index in [0.29, 0.717) is 11.3 Å². The fourth-order valence-electron chi connectivity index (χ4n) is 2.32. The molecule has 1 aromatic heterocycles. The summed E-state index contributed by atoms with van der Waals surface area (Å²) in [7, 11) is 3.73. The van der Waals surface area contributed by atoms with Gasteiger partial charge in [0.1, 0.15) is 22.8 Å². The lowest BCUT2D eigenvalue weighted by atomic mass is 10.1. The van der Waals surface area contributed by atoms with E-state index in [4.69, 9.17) is 4.74 Å². The number of carbonyl (C=O) groups is 2. The normalized spacial score (nSPS) is 10.2. The summed E-state index contributed by atoms with van der Waals surface area (Å²) in [6, 6.07) is 7.65. The highest BCUT2D eigenvalue weighted by Gasteiger charge is 2.27. The zero-order valence-electron chi connectivity index (χ0n) is 13.9. The van der Waals surface area contributed by atoms with Gasteiger partial charge in [0.05, 0.1) is 27.9 Å². The van der Waals surface area contributed by atoms with Gasteiger partial charge in [0, 0.05) is 6.07 Å². The summed E-state index contributed by atoms with van der Waals surface area (Å²) < 4.78 is 15.4. The Balaban J connectivity index is 2.64. The van der Waals surface area contributed by atoms with E-state index in [0.717, 1.165) is 24.9 Å². The smallest absolute Gasteiger partial charge is 0.355 e. The van der Waals surface area contributed by atoms with Crippen LogP contribution in [-0.4, -0.2) is 42.9 Å². The maximum absolute atomic E-state index is 12.3. The summed E-state index contributed by atoms with van der Waals surface area (Å²) in [5, 5.41) is 9.94. The summed E-state index contributed by atoms with van der Waals surface area (Å²) in [5.74, 6) is -1.92. The van der Waals surface area contributed by atoms with Crippen LogP contribution in [0.1, 0.15) is 26.4 Å². The Bertz CT molecular complexity index is 853. The van der Waals surface area contributed by atoms with Crippen molar-refractivity contribution in [2.24, 2.45) is 0 Å². The van der Waals surface area contributed by atoms with E-state index in [1.54, 1.807) is 24.3 Å². The molecule has 0 amide bonds. The highest BCUT2D eigenvalue weighted by molar-refractivity contribution is 6.03. The number of hydrogen-bond acceptors (Lipinski definition) is 7. The highest BCUT2D eigenvalue weighted by Crippen LogP contribution is 2.22. The Kier molecular flexibility index (Phi) is 5.43. The van der Waals surface area contributed by atoms with Crippen molar-refractivity contribution in [3.8, 4) is 11.5 Å². The third kappa shape index (κ3) is 3.63. The fourth-order valence-corrected chi connectivity index (χ4v) is 2.32. The average molecular weight is 347 g/mol. The molecule has 0 aliphatic heterocycles. The third-order valence-corrected chi connectivity index (χ3v) is 3.56. The van der Waals surface area contributed by atoms with E-state index in [1.807, 2.05) is 0 Å². The number of methoxy groups -OCH3 is 3. The molecular weight excluding hydrogens is 330 g/mol. The molecule has 1 heterocycles. The van der Waals surface area contributed by atoms with Crippen LogP contribution in [-0.2, 0) is 16.0 Å². The van der Waals surface area contributed by atoms with Gasteiger partial charge in [-0.2, -0.15) is 0 Å². The topological polar surface area (TPSA) is 104 Å². The second-order valence-corrected chi connectivity index (χ2v) is 5.01. The van der Waals surface area contributed by atoms with Gasteiger partial charge in [0.25, 0.3) is 5.56 Å². The molecule has 0 spiro atoms. The molecule has 8 nitrogen and oxygen atoms in total. The second kappa shape index (κ2) is 7.52. The number of pyridine rings is 1. The Morgan fingerprint density at radius 1 is 1.04 bits per heavy atom. The lowest BCUT2D eigenvalue weighted by Gasteiger charge is -2.15. The minimum Gasteiger partial charge on any atom is -0.507 e. The van der Waals surface area contributed by atoms with Crippen molar-refractivity contribution >= 4 is 11.9 Å². The van der Waals surface area contributed by atoms with Gasteiger partial charge in [0.15, 0.2) is 0 Å². The predicted molar refractivity (Wildman–Crippen MR) is 87.1 cm³/mol. The van der Waals surface area contributed by atoms with Crippen LogP contribution in [0.15, 0.2) is 35.1 Å². The van der Waals surface area contributed by atoms with Crippen molar-refractivity contribution in [3.05, 3.63) is 57.5 Å². The maximum Gasteiger partial charge on any atom is 0.355 e. The molecule has 1 N–H and O–H groups in total. The van der Waals surface area contributed by atoms with Crippen LogP contribution in [0.4, 0.5) is 0 Å². The summed E-state index contributed by atoms with van der Waals surface area (Å²) in [4.78, 5) is 36.4. The Hall–Kier alpha value is -3.29. The second-order valence-electron chi connectivity index (χ2n) is 5.01. The number of hydrogen-bond donors (Lipinski definition) is 1. The number of rotatable bonds is 5. The van der Waals surface area contributed by atoms with Crippen LogP contribution < -0.4 is 10.3 Å². The van der Waals surface area contributed by atoms with Crippen LogP contribution in [0.3, 0.4) is 0 Å². The first-order chi connectivity index (χ1) is 11.9. The molecule has 8 heteroatoms. The van der Waals surface area contributed by atoms with E-state index in [2.05, 4.69) is 9.47 Å². The lowest BCUT2D eigenvalue weighted by molar-refractivity contribution is 0.0540. The number of nitrogens with zero attached hydrogens (tertiary/aromatic N) is 1. The molecule has 1 aromatic carbocycles. The minimum atomic E-state index is -0.957. The quantitative estimate of drug-likeness (QED) is 0.810. The van der Waals surface area contributed by atoms with E-state index < -0.39 is 28.8 Å². The molecule has 0 saturated carbocycles. The fraction of sp³-hybridized carbons (Fsp3) is 0.235. The number of ether oxygens (including phenoxy) is 3. The SMILES string of the molecule is COC(=O)c1c(O)cc(=O)n(Cc2ccc(OC)cc2)c1C(=O)OC. The summed E-state index contributed by atoms with van der Waals surface area (Å²) in [6.45, 7) is -0.0163. The van der Waals surface area contributed by atoms with Gasteiger partial charge in [-0.15, -0.1) is 0 Å². The molecule has 0 aliphatic rings. The Morgan fingerprint density at radius 3 is 2.16 bits per heavy atom. The van der Waals surface area contributed by atoms with Crippen molar-refractivity contribution in [3.63, 3.8) is 0 Å². The maximum atomic E-state index is 12.3. The minimum absolute atomic E-state index is 0.0163. The average Bonchev–Trinajstić information content (AvgIpc) is 2.62. The molecule has 25 heavy (non-hydrogen) atoms. The highest BCUT2D eigenvalue weighted by atomic mass is 16.5. The molecule has 0 atom stereocenters. The van der Waals surface area contributed by atoms with Crippen molar-refractivity contribution < 1.29 is 28.9 Å². The molecular formula is C17H17NO7. The molecule has 0 fully saturated rings. The third-order valence-electron chi connectivity index (χ3n) is 3.56. The van der Waals surface area contributed by atoms with Crippen LogP contribution >= 0.6 is 0 Å². The van der Waals surface area contributed by atoms with E-state index in [1.165, 1.54) is 7.11 Å². The first-order valence-corrected chi connectivity index (χ1v) is 7.19. The van der Waals surface area contributed by atoms with Gasteiger partial charge in [-0.25, -0.2) is 9.59 Å². The Labute approximate surface area is 143 Å². The number of aromatic nitrogens is 1. The zero-order chi connectivity index (χ0) is 18.6. The predicted octanol–water partition coefficient (Wildman–Crippen LogP) is 1.18. The summed E-state index contributed by atoms with van der Waals surface area (Å²) in [6.07, 6.45) is 0. The molecule has 0 saturated heterocycles. The van der Waals surface area contributed by atoms with Gasteiger partial charge in [-0.05, 0) is 17.7 Å². The molecule has 0 bridgehead atoms. The number of aromatic hydroxyl groups is 1.